The van der Waals surface area contributed by atoms with Gasteiger partial charge in [0.2, 0.25) is 11.8 Å². The van der Waals surface area contributed by atoms with Crippen molar-refractivity contribution >= 4 is 58.7 Å². The van der Waals surface area contributed by atoms with Crippen LogP contribution in [0.15, 0.2) is 95.0 Å². The topological polar surface area (TPSA) is 224 Å². The molecule has 0 aliphatic carbocycles. The van der Waals surface area contributed by atoms with E-state index < -0.39 is 65.4 Å². The summed E-state index contributed by atoms with van der Waals surface area (Å²) in [5.41, 5.74) is 8.49. The van der Waals surface area contributed by atoms with Crippen molar-refractivity contribution in [1.29, 1.82) is 0 Å². The van der Waals surface area contributed by atoms with E-state index in [9.17, 15) is 33.5 Å². The normalized spacial score (nSPS) is 16.8. The second-order valence-electron chi connectivity index (χ2n) is 11.9. The Kier molecular flexibility index (Phi) is 12.1. The molecule has 2 heterocycles. The number of hydrogen-bond donors (Lipinski definition) is 6. The summed E-state index contributed by atoms with van der Waals surface area (Å²) >= 11 is 1.07. The molecular formula is C36H35FN6O8S. The standard InChI is InChI=1S/C36H35FN6O8S/c37-23-10-6-22(7-11-23)32(52-19-28(34(48)39-17-30(46)47)41-29(45)15-14-25(38)36(50)51)31-35(49)43-18-27(21-8-12-24(44)13-9-21)40-26(33(43)42-31)16-20-4-2-1-3-5-20/h1-13,18,25,28,31-32,44H,14-17,19,38H2,(H,39,48)(H,41,45)(H,46,47)(H,50,51)/t25-,28-,31?,32?/m0/s1. The van der Waals surface area contributed by atoms with Crippen molar-refractivity contribution in [3.05, 3.63) is 108 Å². The zero-order valence-corrected chi connectivity index (χ0v) is 28.3. The first-order valence-electron chi connectivity index (χ1n) is 16.1. The van der Waals surface area contributed by atoms with E-state index >= 15 is 0 Å². The molecule has 14 nitrogen and oxygen atoms in total. The van der Waals surface area contributed by atoms with Gasteiger partial charge in [-0.3, -0.25) is 33.9 Å². The number of hydrogen-bond acceptors (Lipinski definition) is 10. The number of nitrogens with two attached hydrogens (primary N) is 1. The van der Waals surface area contributed by atoms with Gasteiger partial charge in [-0.2, -0.15) is 0 Å². The highest BCUT2D eigenvalue weighted by atomic mass is 32.2. The number of phenolic OH excluding ortho intramolecular Hbond substituents is 1. The van der Waals surface area contributed by atoms with Crippen molar-refractivity contribution in [1.82, 2.24) is 15.5 Å². The molecule has 2 aliphatic rings. The van der Waals surface area contributed by atoms with Gasteiger partial charge < -0.3 is 31.7 Å². The highest BCUT2D eigenvalue weighted by molar-refractivity contribution is 7.99. The number of phenols is 1. The summed E-state index contributed by atoms with van der Waals surface area (Å²) < 4.78 is 14.1. The van der Waals surface area contributed by atoms with E-state index in [1.54, 1.807) is 18.3 Å². The summed E-state index contributed by atoms with van der Waals surface area (Å²) in [5.74, 6) is -4.94. The number of aliphatic imine (C=N–C) groups is 2. The van der Waals surface area contributed by atoms with Crippen molar-refractivity contribution in [2.45, 2.75) is 42.6 Å². The molecule has 0 aromatic heterocycles. The molecule has 4 atom stereocenters. The fraction of sp³-hybridized carbons (Fsp3) is 0.250. The Morgan fingerprint density at radius 1 is 0.981 bits per heavy atom. The fourth-order valence-corrected chi connectivity index (χ4v) is 6.77. The quantitative estimate of drug-likeness (QED) is 0.126. The van der Waals surface area contributed by atoms with Gasteiger partial charge in [-0.25, -0.2) is 9.38 Å². The number of rotatable bonds is 16. The molecule has 7 N–H and O–H groups in total. The molecular weight excluding hydrogens is 695 g/mol. The average molecular weight is 731 g/mol. The molecule has 0 spiro atoms. The van der Waals surface area contributed by atoms with Gasteiger partial charge in [0.25, 0.3) is 5.91 Å². The molecule has 3 aromatic carbocycles. The first kappa shape index (κ1) is 37.4. The summed E-state index contributed by atoms with van der Waals surface area (Å²) in [6, 6.07) is 17.5. The van der Waals surface area contributed by atoms with Crippen LogP contribution in [0, 0.1) is 5.82 Å². The van der Waals surface area contributed by atoms with Crippen LogP contribution < -0.4 is 16.4 Å². The molecule has 270 valence electrons. The molecule has 16 heteroatoms. The van der Waals surface area contributed by atoms with Crippen molar-refractivity contribution < 1.29 is 43.7 Å². The highest BCUT2D eigenvalue weighted by Crippen LogP contribution is 2.39. The van der Waals surface area contributed by atoms with Gasteiger partial charge >= 0.3 is 11.9 Å². The average Bonchev–Trinajstić information content (AvgIpc) is 3.46. The van der Waals surface area contributed by atoms with E-state index in [4.69, 9.17) is 25.9 Å². The number of thioether (sulfide) groups is 1. The summed E-state index contributed by atoms with van der Waals surface area (Å²) in [7, 11) is 0. The molecule has 5 rings (SSSR count). The maximum atomic E-state index is 14.3. The van der Waals surface area contributed by atoms with E-state index in [1.807, 2.05) is 30.3 Å². The van der Waals surface area contributed by atoms with E-state index in [0.717, 1.165) is 17.3 Å². The molecule has 0 bridgehead atoms. The second kappa shape index (κ2) is 16.9. The SMILES string of the molecule is N[C@@H](CCC(=O)N[C@@H](CSC(c1ccc(F)cc1)C1N=C2C(Cc3ccccc3)=NC(c3ccc(O)cc3)=CN2C1=O)C(=O)NCC(=O)O)C(=O)O. The Labute approximate surface area is 301 Å². The Morgan fingerprint density at radius 3 is 2.33 bits per heavy atom. The van der Waals surface area contributed by atoms with Crippen LogP contribution in [-0.4, -0.2) is 91.9 Å². The Balaban J connectivity index is 1.47. The van der Waals surface area contributed by atoms with Crippen LogP contribution in [0.4, 0.5) is 4.39 Å². The van der Waals surface area contributed by atoms with Gasteiger partial charge in [-0.15, -0.1) is 11.8 Å². The van der Waals surface area contributed by atoms with Crippen LogP contribution in [-0.2, 0) is 30.4 Å². The van der Waals surface area contributed by atoms with Crippen LogP contribution in [0.25, 0.3) is 5.70 Å². The number of amidine groups is 1. The van der Waals surface area contributed by atoms with Gasteiger partial charge in [0.05, 0.1) is 16.7 Å². The number of nitrogens with zero attached hydrogens (tertiary/aromatic N) is 3. The number of aliphatic carboxylic acids is 2. The van der Waals surface area contributed by atoms with Crippen LogP contribution in [0.2, 0.25) is 0 Å². The molecule has 0 saturated heterocycles. The third kappa shape index (κ3) is 9.46. The number of nitrogens with one attached hydrogen (secondary N) is 2. The predicted molar refractivity (Wildman–Crippen MR) is 191 cm³/mol. The largest absolute Gasteiger partial charge is 0.508 e. The van der Waals surface area contributed by atoms with Crippen LogP contribution >= 0.6 is 11.8 Å². The highest BCUT2D eigenvalue weighted by Gasteiger charge is 2.43. The lowest BCUT2D eigenvalue weighted by Gasteiger charge is -2.25. The molecule has 2 aliphatic heterocycles. The van der Waals surface area contributed by atoms with E-state index in [1.165, 1.54) is 41.3 Å². The zero-order valence-electron chi connectivity index (χ0n) is 27.5. The lowest BCUT2D eigenvalue weighted by atomic mass is 10.0. The number of amides is 3. The van der Waals surface area contributed by atoms with Crippen molar-refractivity contribution in [2.75, 3.05) is 12.3 Å². The van der Waals surface area contributed by atoms with E-state index in [0.29, 0.717) is 34.8 Å². The molecule has 3 amide bonds. The molecule has 3 aromatic rings. The number of aromatic hydroxyl groups is 1. The Bertz CT molecular complexity index is 1920. The summed E-state index contributed by atoms with van der Waals surface area (Å²) in [6.45, 7) is -0.732. The van der Waals surface area contributed by atoms with E-state index in [2.05, 4.69) is 10.6 Å². The first-order valence-corrected chi connectivity index (χ1v) is 17.1. The van der Waals surface area contributed by atoms with Crippen molar-refractivity contribution in [3.8, 4) is 5.75 Å². The maximum Gasteiger partial charge on any atom is 0.322 e. The van der Waals surface area contributed by atoms with Gasteiger partial charge in [-0.1, -0.05) is 42.5 Å². The molecule has 2 unspecified atom stereocenters. The third-order valence-corrected chi connectivity index (χ3v) is 9.53. The molecule has 0 radical (unpaired) electrons. The third-order valence-electron chi connectivity index (χ3n) is 8.12. The van der Waals surface area contributed by atoms with Crippen LogP contribution in [0.3, 0.4) is 0 Å². The minimum absolute atomic E-state index is 0.0577. The van der Waals surface area contributed by atoms with Gasteiger partial charge in [-0.05, 0) is 53.9 Å². The van der Waals surface area contributed by atoms with Gasteiger partial charge in [0, 0.05) is 30.4 Å². The van der Waals surface area contributed by atoms with Crippen molar-refractivity contribution in [2.24, 2.45) is 15.7 Å². The number of benzene rings is 3. The number of fused-ring (bicyclic) bond motifs is 1. The lowest BCUT2D eigenvalue weighted by molar-refractivity contribution is -0.139. The van der Waals surface area contributed by atoms with Crippen molar-refractivity contribution in [3.63, 3.8) is 0 Å². The molecule has 0 fully saturated rings. The Morgan fingerprint density at radius 2 is 1.67 bits per heavy atom. The number of carboxylic acid groups (broad SMARTS) is 2. The van der Waals surface area contributed by atoms with E-state index in [-0.39, 0.29) is 24.3 Å². The number of halogens is 1. The minimum Gasteiger partial charge on any atom is -0.508 e. The smallest absolute Gasteiger partial charge is 0.322 e. The maximum absolute atomic E-state index is 14.3. The Hall–Kier alpha value is -5.87. The lowest BCUT2D eigenvalue weighted by Crippen LogP contribution is -2.49. The summed E-state index contributed by atoms with van der Waals surface area (Å²) in [4.78, 5) is 73.6. The number of carbonyl (C=O) groups excluding carboxylic acids is 3. The summed E-state index contributed by atoms with van der Waals surface area (Å²) in [5, 5.41) is 31.9. The predicted octanol–water partition coefficient (Wildman–Crippen LogP) is 2.49. The molecule has 0 saturated carbocycles. The number of carbonyl (C=O) groups is 5. The fourth-order valence-electron chi connectivity index (χ4n) is 5.42. The zero-order chi connectivity index (χ0) is 37.4. The first-order chi connectivity index (χ1) is 24.9. The van der Waals surface area contributed by atoms with Gasteiger partial charge in [0.15, 0.2) is 5.84 Å². The minimum atomic E-state index is -1.32. The summed E-state index contributed by atoms with van der Waals surface area (Å²) in [6.07, 6.45) is 1.33. The van der Waals surface area contributed by atoms with Gasteiger partial charge in [0.1, 0.15) is 36.2 Å². The van der Waals surface area contributed by atoms with Crippen LogP contribution in [0.5, 0.6) is 5.75 Å². The van der Waals surface area contributed by atoms with Crippen LogP contribution in [0.1, 0.15) is 34.8 Å². The second-order valence-corrected chi connectivity index (χ2v) is 13.1. The number of carboxylic acids is 2. The monoisotopic (exact) mass is 730 g/mol. The molecule has 52 heavy (non-hydrogen) atoms.